The molecule has 26 heavy (non-hydrogen) atoms. The predicted octanol–water partition coefficient (Wildman–Crippen LogP) is 0.414. The number of hydrogen-bond donors (Lipinski definition) is 4. The number of ether oxygens (including phenoxy) is 1. The van der Waals surface area contributed by atoms with Crippen LogP contribution < -0.4 is 11.2 Å². The number of nitrogens with zero attached hydrogens (tertiary/aromatic N) is 1. The predicted molar refractivity (Wildman–Crippen MR) is 91.0 cm³/mol. The van der Waals surface area contributed by atoms with E-state index in [1.165, 1.54) is 20.0 Å². The fourth-order valence-corrected chi connectivity index (χ4v) is 3.58. The number of aryl methyl sites for hydroxylation is 1. The molecule has 0 aromatic carbocycles. The summed E-state index contributed by atoms with van der Waals surface area (Å²) >= 11 is 0. The Morgan fingerprint density at radius 3 is 2.62 bits per heavy atom. The highest BCUT2D eigenvalue weighted by molar-refractivity contribution is 7.55. The van der Waals surface area contributed by atoms with Crippen molar-refractivity contribution in [3.63, 3.8) is 0 Å². The average Bonchev–Trinajstić information content (AvgIpc) is 2.90. The number of nitrogens with one attached hydrogen (secondary N) is 1. The van der Waals surface area contributed by atoms with Gasteiger partial charge in [-0.15, -0.1) is 0 Å². The lowest BCUT2D eigenvalue weighted by molar-refractivity contribution is -0.0227. The largest absolute Gasteiger partial charge is 0.348 e. The molecule has 13 heteroatoms. The zero-order chi connectivity index (χ0) is 19.7. The molecule has 2 rings (SSSR count). The van der Waals surface area contributed by atoms with Crippen LogP contribution in [0.15, 0.2) is 27.7 Å². The number of aromatic nitrogens is 2. The lowest BCUT2D eigenvalue weighted by Gasteiger charge is -2.22. The average molecular weight is 410 g/mol. The third kappa shape index (κ3) is 5.34. The Balaban J connectivity index is 2.39. The third-order valence-electron chi connectivity index (χ3n) is 3.71. The summed E-state index contributed by atoms with van der Waals surface area (Å²) in [7, 11) is -8.36. The summed E-state index contributed by atoms with van der Waals surface area (Å²) in [6.07, 6.45) is -0.916. The highest BCUT2D eigenvalue weighted by Crippen LogP contribution is 2.48. The van der Waals surface area contributed by atoms with Gasteiger partial charge >= 0.3 is 20.9 Å². The van der Waals surface area contributed by atoms with Crippen LogP contribution in [0.3, 0.4) is 0 Å². The van der Waals surface area contributed by atoms with Gasteiger partial charge in [0.05, 0.1) is 6.10 Å². The molecule has 1 aromatic rings. The molecule has 0 amide bonds. The zero-order valence-electron chi connectivity index (χ0n) is 14.0. The van der Waals surface area contributed by atoms with E-state index < -0.39 is 44.9 Å². The summed E-state index contributed by atoms with van der Waals surface area (Å²) in [5.74, 6) is 0.649. The van der Waals surface area contributed by atoms with Crippen LogP contribution in [0.25, 0.3) is 0 Å². The maximum Gasteiger partial charge on any atom is 0.348 e. The third-order valence-corrected chi connectivity index (χ3v) is 5.67. The molecule has 0 bridgehead atoms. The molecule has 1 aliphatic rings. The van der Waals surface area contributed by atoms with Crippen molar-refractivity contribution in [2.45, 2.75) is 38.7 Å². The van der Waals surface area contributed by atoms with E-state index in [4.69, 9.17) is 19.0 Å². The van der Waals surface area contributed by atoms with Crippen molar-refractivity contribution < 1.29 is 33.1 Å². The van der Waals surface area contributed by atoms with E-state index >= 15 is 0 Å². The van der Waals surface area contributed by atoms with Gasteiger partial charge in [-0.05, 0) is 13.0 Å². The Hall–Kier alpha value is -1.32. The fourth-order valence-electron chi connectivity index (χ4n) is 2.40. The first kappa shape index (κ1) is 21.0. The van der Waals surface area contributed by atoms with Crippen LogP contribution in [-0.2, 0) is 18.4 Å². The van der Waals surface area contributed by atoms with Crippen LogP contribution in [-0.4, -0.2) is 42.6 Å². The molecule has 4 atom stereocenters. The highest BCUT2D eigenvalue weighted by Gasteiger charge is 2.40. The summed E-state index contributed by atoms with van der Waals surface area (Å²) in [6, 6.07) is 0. The second-order valence-electron chi connectivity index (χ2n) is 5.81. The van der Waals surface area contributed by atoms with Crippen LogP contribution in [0.5, 0.6) is 0 Å². The van der Waals surface area contributed by atoms with E-state index in [9.17, 15) is 23.6 Å². The molecule has 0 saturated carbocycles. The van der Waals surface area contributed by atoms with Gasteiger partial charge in [0.2, 0.25) is 0 Å². The van der Waals surface area contributed by atoms with Crippen LogP contribution >= 0.6 is 15.2 Å². The Morgan fingerprint density at radius 1 is 1.38 bits per heavy atom. The first-order chi connectivity index (χ1) is 11.9. The van der Waals surface area contributed by atoms with Crippen LogP contribution in [0.2, 0.25) is 0 Å². The Kier molecular flexibility index (Phi) is 6.24. The fraction of sp³-hybridized carbons (Fsp3) is 0.538. The van der Waals surface area contributed by atoms with Gasteiger partial charge in [0.1, 0.15) is 6.10 Å². The van der Waals surface area contributed by atoms with Crippen molar-refractivity contribution in [2.75, 3.05) is 6.16 Å². The molecule has 1 fully saturated rings. The summed E-state index contributed by atoms with van der Waals surface area (Å²) in [6.45, 7) is 2.92. The molecule has 146 valence electrons. The molecule has 0 radical (unpaired) electrons. The Labute approximate surface area is 148 Å². The topological polar surface area (TPSA) is 168 Å². The van der Waals surface area contributed by atoms with Gasteiger partial charge in [-0.3, -0.25) is 23.5 Å². The molecule has 1 aromatic heterocycles. The van der Waals surface area contributed by atoms with Crippen molar-refractivity contribution in [1.82, 2.24) is 9.55 Å². The van der Waals surface area contributed by atoms with Gasteiger partial charge in [-0.2, -0.15) is 0 Å². The standard InChI is InChI=1S/C13H20N2O9P2/c1-3-26(21,22)24-10-6-9(4-5-25(18,19)20)23-12(10)15-7-8(2)11(16)14-13(15)17/h4-5,7,9-10,12H,3,6H2,1-2H3,(H,21,22)(H,14,16,17)(H2,18,19,20)/b5-4+/t9-,10-,12-/m1/s1. The Morgan fingerprint density at radius 2 is 2.04 bits per heavy atom. The van der Waals surface area contributed by atoms with Crippen molar-refractivity contribution in [2.24, 2.45) is 0 Å². The molecule has 4 N–H and O–H groups in total. The maximum absolute atomic E-state index is 12.1. The van der Waals surface area contributed by atoms with E-state index in [2.05, 4.69) is 4.98 Å². The number of aromatic amines is 1. The van der Waals surface area contributed by atoms with Crippen molar-refractivity contribution >= 4 is 15.2 Å². The molecule has 1 unspecified atom stereocenters. The Bertz CT molecular complexity index is 900. The second kappa shape index (κ2) is 7.74. The van der Waals surface area contributed by atoms with Crippen LogP contribution in [0.1, 0.15) is 25.1 Å². The van der Waals surface area contributed by atoms with E-state index in [0.717, 1.165) is 10.6 Å². The minimum absolute atomic E-state index is 0.0175. The molecule has 1 saturated heterocycles. The summed E-state index contributed by atoms with van der Waals surface area (Å²) in [4.78, 5) is 53.3. The number of hydrogen-bond acceptors (Lipinski definition) is 6. The van der Waals surface area contributed by atoms with Gasteiger partial charge in [0.15, 0.2) is 6.23 Å². The van der Waals surface area contributed by atoms with Crippen LogP contribution in [0.4, 0.5) is 0 Å². The summed E-state index contributed by atoms with van der Waals surface area (Å²) < 4.78 is 34.7. The van der Waals surface area contributed by atoms with Crippen LogP contribution in [0, 0.1) is 6.92 Å². The van der Waals surface area contributed by atoms with Gasteiger partial charge in [-0.1, -0.05) is 6.92 Å². The molecule has 0 spiro atoms. The SMILES string of the molecule is CCP(=O)(O)O[C@@H]1C[C@@H](/C=C/P(=O)(O)O)O[C@H]1n1cc(C)c(=O)[nH]c1=O. The molecule has 11 nitrogen and oxygen atoms in total. The minimum atomic E-state index is -4.42. The van der Waals surface area contributed by atoms with E-state index in [1.807, 2.05) is 0 Å². The van der Waals surface area contributed by atoms with Gasteiger partial charge in [0.25, 0.3) is 5.56 Å². The van der Waals surface area contributed by atoms with Crippen molar-refractivity contribution in [3.8, 4) is 0 Å². The first-order valence-corrected chi connectivity index (χ1v) is 11.1. The molecule has 0 aliphatic carbocycles. The zero-order valence-corrected chi connectivity index (χ0v) is 15.8. The lowest BCUT2D eigenvalue weighted by Crippen LogP contribution is -2.36. The van der Waals surface area contributed by atoms with E-state index in [0.29, 0.717) is 5.82 Å². The monoisotopic (exact) mass is 410 g/mol. The van der Waals surface area contributed by atoms with Gasteiger partial charge in [-0.25, -0.2) is 4.79 Å². The highest BCUT2D eigenvalue weighted by atomic mass is 31.2. The van der Waals surface area contributed by atoms with Crippen molar-refractivity contribution in [3.05, 3.63) is 44.5 Å². The molecular formula is C13H20N2O9P2. The molecule has 1 aliphatic heterocycles. The minimum Gasteiger partial charge on any atom is -0.348 e. The lowest BCUT2D eigenvalue weighted by atomic mass is 10.2. The van der Waals surface area contributed by atoms with E-state index in [1.54, 1.807) is 0 Å². The van der Waals surface area contributed by atoms with Gasteiger partial charge < -0.3 is 23.9 Å². The summed E-state index contributed by atoms with van der Waals surface area (Å²) in [5, 5.41) is 0. The first-order valence-electron chi connectivity index (χ1n) is 7.64. The van der Waals surface area contributed by atoms with Crippen molar-refractivity contribution in [1.29, 1.82) is 0 Å². The van der Waals surface area contributed by atoms with Gasteiger partial charge in [0, 0.05) is 30.2 Å². The number of rotatable bonds is 6. The maximum atomic E-state index is 12.1. The second-order valence-corrected chi connectivity index (χ2v) is 9.40. The number of H-pyrrole nitrogens is 1. The quantitative estimate of drug-likeness (QED) is 0.486. The molecule has 2 heterocycles. The normalized spacial score (nSPS) is 26.3. The summed E-state index contributed by atoms with van der Waals surface area (Å²) in [5.41, 5.74) is -1.17. The molecular weight excluding hydrogens is 390 g/mol. The van der Waals surface area contributed by atoms with E-state index in [-0.39, 0.29) is 18.1 Å². The smallest absolute Gasteiger partial charge is 0.348 e.